The lowest BCUT2D eigenvalue weighted by molar-refractivity contribution is -0.121. The summed E-state index contributed by atoms with van der Waals surface area (Å²) in [6, 6.07) is 8.37. The number of sulfone groups is 1. The fraction of sp³-hybridized carbons (Fsp3) is 0.500. The topological polar surface area (TPSA) is 68.2 Å². The summed E-state index contributed by atoms with van der Waals surface area (Å²) in [6.45, 7) is 4.28. The van der Waals surface area contributed by atoms with Gasteiger partial charge in [0, 0.05) is 35.6 Å². The van der Waals surface area contributed by atoms with Crippen LogP contribution in [0.5, 0.6) is 0 Å². The summed E-state index contributed by atoms with van der Waals surface area (Å²) in [5.74, 6) is 0.184. The average molecular weight is 348 g/mol. The third kappa shape index (κ3) is 3.64. The zero-order valence-electron chi connectivity index (χ0n) is 14.2. The van der Waals surface area contributed by atoms with E-state index >= 15 is 0 Å². The molecule has 1 saturated heterocycles. The summed E-state index contributed by atoms with van der Waals surface area (Å²) in [4.78, 5) is 12.1. The number of amides is 1. The molecule has 6 heteroatoms. The van der Waals surface area contributed by atoms with E-state index in [4.69, 9.17) is 0 Å². The van der Waals surface area contributed by atoms with E-state index in [1.165, 1.54) is 10.9 Å². The van der Waals surface area contributed by atoms with Crippen molar-refractivity contribution < 1.29 is 13.2 Å². The van der Waals surface area contributed by atoms with Crippen LogP contribution in [0.25, 0.3) is 10.9 Å². The SMILES string of the molecule is CC(C)n1cc(CCC(=O)NC2CCS(=O)(=O)C2)c2ccccc21. The first-order chi connectivity index (χ1) is 11.4. The lowest BCUT2D eigenvalue weighted by Gasteiger charge is -2.10. The zero-order valence-corrected chi connectivity index (χ0v) is 15.0. The summed E-state index contributed by atoms with van der Waals surface area (Å²) in [7, 11) is -2.96. The molecule has 1 atom stereocenters. The molecule has 1 fully saturated rings. The number of aryl methyl sites for hydroxylation is 1. The molecule has 0 bridgehead atoms. The first-order valence-corrected chi connectivity index (χ1v) is 10.3. The number of carbonyl (C=O) groups is 1. The Balaban J connectivity index is 1.66. The highest BCUT2D eigenvalue weighted by molar-refractivity contribution is 7.91. The van der Waals surface area contributed by atoms with Gasteiger partial charge in [0.1, 0.15) is 0 Å². The minimum Gasteiger partial charge on any atom is -0.352 e. The van der Waals surface area contributed by atoms with Crippen LogP contribution >= 0.6 is 0 Å². The van der Waals surface area contributed by atoms with Crippen LogP contribution in [0.1, 0.15) is 38.3 Å². The maximum atomic E-state index is 12.1. The largest absolute Gasteiger partial charge is 0.352 e. The van der Waals surface area contributed by atoms with Gasteiger partial charge in [0.2, 0.25) is 5.91 Å². The number of nitrogens with one attached hydrogen (secondary N) is 1. The number of para-hydroxylation sites is 1. The van der Waals surface area contributed by atoms with Crippen LogP contribution < -0.4 is 5.32 Å². The number of nitrogens with zero attached hydrogens (tertiary/aromatic N) is 1. The number of rotatable bonds is 5. The molecular weight excluding hydrogens is 324 g/mol. The molecule has 0 saturated carbocycles. The minimum absolute atomic E-state index is 0.0709. The molecule has 0 aliphatic carbocycles. The number of benzene rings is 1. The minimum atomic E-state index is -2.96. The van der Waals surface area contributed by atoms with Gasteiger partial charge in [-0.05, 0) is 38.3 Å². The van der Waals surface area contributed by atoms with Gasteiger partial charge in [-0.1, -0.05) is 18.2 Å². The van der Waals surface area contributed by atoms with Crippen LogP contribution in [-0.2, 0) is 21.1 Å². The van der Waals surface area contributed by atoms with Crippen LogP contribution in [0.3, 0.4) is 0 Å². The summed E-state index contributed by atoms with van der Waals surface area (Å²) in [5, 5.41) is 4.04. The number of fused-ring (bicyclic) bond motifs is 1. The molecule has 1 aromatic carbocycles. The molecule has 1 amide bonds. The Bertz CT molecular complexity index is 852. The molecule has 0 radical (unpaired) electrons. The highest BCUT2D eigenvalue weighted by atomic mass is 32.2. The lowest BCUT2D eigenvalue weighted by atomic mass is 10.1. The Morgan fingerprint density at radius 3 is 2.75 bits per heavy atom. The predicted molar refractivity (Wildman–Crippen MR) is 95.8 cm³/mol. The van der Waals surface area contributed by atoms with Crippen LogP contribution in [0.2, 0.25) is 0 Å². The van der Waals surface area contributed by atoms with Gasteiger partial charge in [0.15, 0.2) is 9.84 Å². The van der Waals surface area contributed by atoms with Crippen LogP contribution in [-0.4, -0.2) is 36.4 Å². The number of aromatic nitrogens is 1. The second kappa shape index (κ2) is 6.59. The molecule has 1 aliphatic heterocycles. The molecule has 1 aliphatic rings. The van der Waals surface area contributed by atoms with E-state index < -0.39 is 9.84 Å². The van der Waals surface area contributed by atoms with Gasteiger partial charge < -0.3 is 9.88 Å². The highest BCUT2D eigenvalue weighted by Gasteiger charge is 2.28. The fourth-order valence-corrected chi connectivity index (χ4v) is 5.03. The molecule has 130 valence electrons. The quantitative estimate of drug-likeness (QED) is 0.902. The lowest BCUT2D eigenvalue weighted by Crippen LogP contribution is -2.35. The number of carbonyl (C=O) groups excluding carboxylic acids is 1. The van der Waals surface area contributed by atoms with Crippen molar-refractivity contribution in [3.05, 3.63) is 36.0 Å². The van der Waals surface area contributed by atoms with E-state index in [2.05, 4.69) is 42.1 Å². The summed E-state index contributed by atoms with van der Waals surface area (Å²) < 4.78 is 25.1. The van der Waals surface area contributed by atoms with E-state index in [-0.39, 0.29) is 23.5 Å². The Hall–Kier alpha value is -1.82. The Labute approximate surface area is 143 Å². The maximum absolute atomic E-state index is 12.1. The van der Waals surface area contributed by atoms with Crippen molar-refractivity contribution in [1.82, 2.24) is 9.88 Å². The van der Waals surface area contributed by atoms with Gasteiger partial charge in [-0.3, -0.25) is 4.79 Å². The number of hydrogen-bond donors (Lipinski definition) is 1. The van der Waals surface area contributed by atoms with Crippen molar-refractivity contribution in [2.45, 2.75) is 45.2 Å². The second-order valence-corrected chi connectivity index (χ2v) is 9.07. The van der Waals surface area contributed by atoms with Crippen molar-refractivity contribution in [3.8, 4) is 0 Å². The highest BCUT2D eigenvalue weighted by Crippen LogP contribution is 2.25. The van der Waals surface area contributed by atoms with Crippen molar-refractivity contribution >= 4 is 26.6 Å². The van der Waals surface area contributed by atoms with Gasteiger partial charge in [0.05, 0.1) is 11.5 Å². The Kier molecular flexibility index (Phi) is 4.67. The second-order valence-electron chi connectivity index (χ2n) is 6.84. The molecule has 1 aromatic heterocycles. The molecule has 2 heterocycles. The summed E-state index contributed by atoms with van der Waals surface area (Å²) in [5.41, 5.74) is 2.35. The molecule has 3 rings (SSSR count). The number of hydrogen-bond acceptors (Lipinski definition) is 3. The van der Waals surface area contributed by atoms with Gasteiger partial charge in [0.25, 0.3) is 0 Å². The van der Waals surface area contributed by atoms with E-state index in [1.54, 1.807) is 0 Å². The molecule has 2 aromatic rings. The van der Waals surface area contributed by atoms with Crippen molar-refractivity contribution in [2.75, 3.05) is 11.5 Å². The van der Waals surface area contributed by atoms with Crippen molar-refractivity contribution in [3.63, 3.8) is 0 Å². The standard InChI is InChI=1S/C18H24N2O3S/c1-13(2)20-11-14(16-5-3-4-6-17(16)20)7-8-18(21)19-15-9-10-24(22,23)12-15/h3-6,11,13,15H,7-10,12H2,1-2H3,(H,19,21). The van der Waals surface area contributed by atoms with Gasteiger partial charge in [-0.2, -0.15) is 0 Å². The van der Waals surface area contributed by atoms with Gasteiger partial charge in [-0.15, -0.1) is 0 Å². The van der Waals surface area contributed by atoms with E-state index in [0.29, 0.717) is 25.3 Å². The normalized spacial score (nSPS) is 19.9. The molecule has 0 spiro atoms. The predicted octanol–water partition coefficient (Wildman–Crippen LogP) is 2.46. The molecular formula is C18H24N2O3S. The molecule has 5 nitrogen and oxygen atoms in total. The van der Waals surface area contributed by atoms with E-state index in [1.807, 2.05) is 12.1 Å². The van der Waals surface area contributed by atoms with Crippen LogP contribution in [0.15, 0.2) is 30.5 Å². The summed E-state index contributed by atoms with van der Waals surface area (Å²) in [6.07, 6.45) is 3.69. The first-order valence-electron chi connectivity index (χ1n) is 8.44. The smallest absolute Gasteiger partial charge is 0.220 e. The first kappa shape index (κ1) is 17.0. The zero-order chi connectivity index (χ0) is 17.3. The van der Waals surface area contributed by atoms with Crippen LogP contribution in [0, 0.1) is 0 Å². The van der Waals surface area contributed by atoms with Crippen LogP contribution in [0.4, 0.5) is 0 Å². The Morgan fingerprint density at radius 1 is 1.33 bits per heavy atom. The van der Waals surface area contributed by atoms with Gasteiger partial charge >= 0.3 is 0 Å². The van der Waals surface area contributed by atoms with Crippen molar-refractivity contribution in [2.24, 2.45) is 0 Å². The maximum Gasteiger partial charge on any atom is 0.220 e. The summed E-state index contributed by atoms with van der Waals surface area (Å²) >= 11 is 0. The third-order valence-corrected chi connectivity index (χ3v) is 6.37. The van der Waals surface area contributed by atoms with E-state index in [0.717, 1.165) is 5.56 Å². The molecule has 1 N–H and O–H groups in total. The van der Waals surface area contributed by atoms with Gasteiger partial charge in [-0.25, -0.2) is 8.42 Å². The third-order valence-electron chi connectivity index (χ3n) is 4.60. The van der Waals surface area contributed by atoms with E-state index in [9.17, 15) is 13.2 Å². The fourth-order valence-electron chi connectivity index (χ4n) is 3.36. The molecule has 24 heavy (non-hydrogen) atoms. The molecule has 1 unspecified atom stereocenters. The Morgan fingerprint density at radius 2 is 2.08 bits per heavy atom. The monoisotopic (exact) mass is 348 g/mol. The van der Waals surface area contributed by atoms with Crippen molar-refractivity contribution in [1.29, 1.82) is 0 Å². The average Bonchev–Trinajstić information content (AvgIpc) is 3.05.